The Bertz CT molecular complexity index is 1240. The van der Waals surface area contributed by atoms with Gasteiger partial charge in [-0.1, -0.05) is 18.2 Å². The highest BCUT2D eigenvalue weighted by Gasteiger charge is 2.74. The van der Waals surface area contributed by atoms with Crippen LogP contribution in [0.1, 0.15) is 28.7 Å². The van der Waals surface area contributed by atoms with Crippen LogP contribution in [0.3, 0.4) is 0 Å². The van der Waals surface area contributed by atoms with E-state index >= 15 is 0 Å². The van der Waals surface area contributed by atoms with Crippen molar-refractivity contribution in [1.29, 1.82) is 0 Å². The second-order valence-corrected chi connectivity index (χ2v) is 9.37. The van der Waals surface area contributed by atoms with E-state index in [4.69, 9.17) is 10.5 Å². The number of carbonyl (C=O) groups excluding carboxylic acids is 4. The van der Waals surface area contributed by atoms with Crippen molar-refractivity contribution in [2.24, 2.45) is 17.6 Å². The highest BCUT2D eigenvalue weighted by atomic mass is 16.5. The molecular formula is C25H27N4O5+. The number of methoxy groups -OCH3 is 1. The maximum absolute atomic E-state index is 13.8. The van der Waals surface area contributed by atoms with Crippen LogP contribution < -0.4 is 21.1 Å². The Morgan fingerprint density at radius 3 is 2.47 bits per heavy atom. The van der Waals surface area contributed by atoms with Gasteiger partial charge in [0.2, 0.25) is 23.3 Å². The highest BCUT2D eigenvalue weighted by Crippen LogP contribution is 2.50. The number of aryl methyl sites for hydroxylation is 1. The number of ether oxygens (including phenoxy) is 1. The van der Waals surface area contributed by atoms with Crippen molar-refractivity contribution in [1.82, 2.24) is 4.90 Å². The smallest absolute Gasteiger partial charge is 0.291 e. The van der Waals surface area contributed by atoms with Crippen molar-refractivity contribution >= 4 is 29.3 Å². The second-order valence-electron chi connectivity index (χ2n) is 9.37. The summed E-state index contributed by atoms with van der Waals surface area (Å²) in [6.45, 7) is 3.94. The molecule has 3 aliphatic rings. The van der Waals surface area contributed by atoms with Crippen LogP contribution in [0.25, 0.3) is 0 Å². The average Bonchev–Trinajstić information content (AvgIpc) is 3.37. The normalized spacial score (nSPS) is 27.2. The van der Waals surface area contributed by atoms with Crippen LogP contribution in [-0.2, 0) is 31.3 Å². The summed E-state index contributed by atoms with van der Waals surface area (Å²) in [5.41, 5.74) is 8.21. The molecule has 3 heterocycles. The van der Waals surface area contributed by atoms with Crippen molar-refractivity contribution in [2.45, 2.75) is 38.4 Å². The Hall–Kier alpha value is -3.72. The Kier molecular flexibility index (Phi) is 4.98. The number of fused-ring (bicyclic) bond motifs is 4. The minimum absolute atomic E-state index is 0.0788. The zero-order chi connectivity index (χ0) is 24.4. The van der Waals surface area contributed by atoms with E-state index < -0.39 is 35.2 Å². The molecule has 5 rings (SSSR count). The number of amides is 4. The molecule has 9 heteroatoms. The summed E-state index contributed by atoms with van der Waals surface area (Å²) in [5.74, 6) is -2.79. The summed E-state index contributed by atoms with van der Waals surface area (Å²) in [6.07, 6.45) is -0.105. The number of rotatable bonds is 5. The van der Waals surface area contributed by atoms with Crippen LogP contribution >= 0.6 is 0 Å². The third-order valence-electron chi connectivity index (χ3n) is 7.60. The van der Waals surface area contributed by atoms with Crippen molar-refractivity contribution in [3.63, 3.8) is 0 Å². The molecular weight excluding hydrogens is 436 g/mol. The second kappa shape index (κ2) is 7.66. The predicted octanol–water partition coefficient (Wildman–Crippen LogP) is 0.0818. The molecule has 1 spiro atoms. The summed E-state index contributed by atoms with van der Waals surface area (Å²) >= 11 is 0. The van der Waals surface area contributed by atoms with E-state index in [1.807, 2.05) is 26.0 Å². The van der Waals surface area contributed by atoms with Gasteiger partial charge in [0.05, 0.1) is 25.8 Å². The van der Waals surface area contributed by atoms with Crippen molar-refractivity contribution in [2.75, 3.05) is 12.4 Å². The Morgan fingerprint density at radius 2 is 1.82 bits per heavy atom. The average molecular weight is 464 g/mol. The first-order valence-corrected chi connectivity index (χ1v) is 11.2. The van der Waals surface area contributed by atoms with Gasteiger partial charge in [-0.3, -0.25) is 24.1 Å². The molecule has 0 aliphatic carbocycles. The molecule has 176 valence electrons. The molecule has 0 bridgehead atoms. The third kappa shape index (κ3) is 2.96. The van der Waals surface area contributed by atoms with Gasteiger partial charge in [0.1, 0.15) is 23.6 Å². The molecule has 34 heavy (non-hydrogen) atoms. The lowest BCUT2D eigenvalue weighted by molar-refractivity contribution is -0.732. The monoisotopic (exact) mass is 463 g/mol. The van der Waals surface area contributed by atoms with Crippen LogP contribution in [0.2, 0.25) is 0 Å². The molecule has 2 fully saturated rings. The fraction of sp³-hybridized carbons (Fsp3) is 0.360. The van der Waals surface area contributed by atoms with E-state index in [1.54, 1.807) is 36.7 Å². The number of hydrogen-bond acceptors (Lipinski definition) is 5. The molecule has 4 atom stereocenters. The van der Waals surface area contributed by atoms with Crippen molar-refractivity contribution in [3.8, 4) is 5.75 Å². The van der Waals surface area contributed by atoms with Crippen LogP contribution in [-0.4, -0.2) is 41.7 Å². The number of imide groups is 1. The first-order valence-electron chi connectivity index (χ1n) is 11.2. The van der Waals surface area contributed by atoms with Crippen molar-refractivity contribution in [3.05, 3.63) is 58.7 Å². The molecule has 0 radical (unpaired) electrons. The quantitative estimate of drug-likeness (QED) is 0.540. The van der Waals surface area contributed by atoms with E-state index in [0.717, 1.165) is 16.7 Å². The fourth-order valence-corrected chi connectivity index (χ4v) is 5.83. The van der Waals surface area contributed by atoms with Gasteiger partial charge in [-0.25, -0.2) is 0 Å². The molecule has 4 amide bonds. The van der Waals surface area contributed by atoms with Crippen LogP contribution in [0.5, 0.6) is 5.75 Å². The van der Waals surface area contributed by atoms with E-state index in [0.29, 0.717) is 17.0 Å². The number of nitrogens with two attached hydrogens (primary N) is 2. The zero-order valence-corrected chi connectivity index (χ0v) is 19.3. The van der Waals surface area contributed by atoms with Gasteiger partial charge in [-0.2, -0.15) is 0 Å². The Labute approximate surface area is 196 Å². The van der Waals surface area contributed by atoms with E-state index in [-0.39, 0.29) is 24.8 Å². The Balaban J connectivity index is 1.59. The van der Waals surface area contributed by atoms with Gasteiger partial charge in [-0.15, -0.1) is 0 Å². The molecule has 2 aromatic rings. The summed E-state index contributed by atoms with van der Waals surface area (Å²) in [4.78, 5) is 54.0. The van der Waals surface area contributed by atoms with Gasteiger partial charge >= 0.3 is 0 Å². The van der Waals surface area contributed by atoms with Crippen LogP contribution in [0, 0.1) is 25.7 Å². The van der Waals surface area contributed by atoms with E-state index in [1.165, 1.54) is 4.90 Å². The maximum atomic E-state index is 13.8. The number of carbonyl (C=O) groups is 4. The van der Waals surface area contributed by atoms with Gasteiger partial charge in [-0.05, 0) is 48.7 Å². The summed E-state index contributed by atoms with van der Waals surface area (Å²) in [6, 6.07) is 10.3. The number of quaternary nitrogens is 1. The first kappa shape index (κ1) is 22.1. The lowest BCUT2D eigenvalue weighted by Gasteiger charge is -2.26. The van der Waals surface area contributed by atoms with Crippen molar-refractivity contribution < 1.29 is 29.2 Å². The summed E-state index contributed by atoms with van der Waals surface area (Å²) < 4.78 is 5.18. The van der Waals surface area contributed by atoms with E-state index in [2.05, 4.69) is 5.32 Å². The van der Waals surface area contributed by atoms with Gasteiger partial charge in [0, 0.05) is 5.56 Å². The first-order chi connectivity index (χ1) is 16.2. The van der Waals surface area contributed by atoms with Gasteiger partial charge < -0.3 is 21.1 Å². The molecule has 2 saturated heterocycles. The number of primary amides is 1. The molecule has 3 aliphatic heterocycles. The number of hydrogen-bond donors (Lipinski definition) is 3. The summed E-state index contributed by atoms with van der Waals surface area (Å²) in [7, 11) is 1.56. The molecule has 5 N–H and O–H groups in total. The molecule has 0 aromatic heterocycles. The minimum Gasteiger partial charge on any atom is -0.497 e. The fourth-order valence-electron chi connectivity index (χ4n) is 5.83. The minimum atomic E-state index is -1.32. The zero-order valence-electron chi connectivity index (χ0n) is 19.3. The molecule has 0 unspecified atom stereocenters. The largest absolute Gasteiger partial charge is 0.497 e. The number of likely N-dealkylation sites (tertiary alicyclic amines) is 1. The van der Waals surface area contributed by atoms with E-state index in [9.17, 15) is 19.2 Å². The lowest BCUT2D eigenvalue weighted by atomic mass is 9.76. The van der Waals surface area contributed by atoms with Gasteiger partial charge in [0.15, 0.2) is 0 Å². The van der Waals surface area contributed by atoms with Crippen LogP contribution in [0.15, 0.2) is 36.4 Å². The lowest BCUT2D eigenvalue weighted by Crippen LogP contribution is -2.99. The molecule has 2 aromatic carbocycles. The number of benzene rings is 2. The highest BCUT2D eigenvalue weighted by molar-refractivity contribution is 6.14. The number of anilines is 1. The maximum Gasteiger partial charge on any atom is 0.291 e. The topological polar surface area (TPSA) is 135 Å². The SMILES string of the molecule is COc1ccc(CN2C(=O)[C@H]3[C@@H](C2=O)[C@@]2([NH2+][C@@H]3CC(N)=O)C(=O)Nc3c2ccc(C)c3C)cc1. The third-order valence-corrected chi connectivity index (χ3v) is 7.60. The molecule has 9 nitrogen and oxygen atoms in total. The predicted molar refractivity (Wildman–Crippen MR) is 121 cm³/mol. The number of nitrogens with zero attached hydrogens (tertiary/aromatic N) is 1. The van der Waals surface area contributed by atoms with Crippen LogP contribution in [0.4, 0.5) is 5.69 Å². The summed E-state index contributed by atoms with van der Waals surface area (Å²) in [5, 5.41) is 4.68. The number of nitrogens with one attached hydrogen (secondary N) is 1. The van der Waals surface area contributed by atoms with Gasteiger partial charge in [0.25, 0.3) is 5.91 Å². The Morgan fingerprint density at radius 1 is 1.12 bits per heavy atom. The molecule has 0 saturated carbocycles. The standard InChI is InChI=1S/C25H26N4O5/c1-12-4-9-16-21(13(12)2)27-24(33)25(16)20-19(17(28-25)10-18(26)30)22(31)29(23(20)32)11-14-5-7-15(34-3)8-6-14/h4-9,17,19-20,28H,10-11H2,1-3H3,(H2,26,30)(H,27,33)/p+1/t17-,19-,20+,25-/m1/s1.